The lowest BCUT2D eigenvalue weighted by molar-refractivity contribution is -0.131. The maximum absolute atomic E-state index is 10.3. The molecular formula is C9H14O2. The van der Waals surface area contributed by atoms with Crippen molar-refractivity contribution >= 4 is 5.97 Å². The number of rotatable bonds is 1. The Kier molecular flexibility index (Phi) is 2.69. The fraction of sp³-hybridized carbons (Fsp3) is 0.667. The molecule has 1 atom stereocenters. The minimum atomic E-state index is -0.797. The zero-order valence-electron chi connectivity index (χ0n) is 6.84. The Labute approximate surface area is 66.9 Å². The van der Waals surface area contributed by atoms with Crippen LogP contribution in [-0.4, -0.2) is 11.1 Å². The van der Waals surface area contributed by atoms with Crippen LogP contribution in [0.5, 0.6) is 0 Å². The summed E-state index contributed by atoms with van der Waals surface area (Å²) in [6, 6.07) is 0. The van der Waals surface area contributed by atoms with Crippen LogP contribution in [0.25, 0.3) is 0 Å². The van der Waals surface area contributed by atoms with E-state index < -0.39 is 5.97 Å². The van der Waals surface area contributed by atoms with Crippen molar-refractivity contribution in [3.63, 3.8) is 0 Å². The summed E-state index contributed by atoms with van der Waals surface area (Å²) in [4.78, 5) is 10.3. The number of carboxylic acid groups (broad SMARTS) is 1. The van der Waals surface area contributed by atoms with Gasteiger partial charge >= 0.3 is 5.97 Å². The van der Waals surface area contributed by atoms with Gasteiger partial charge in [-0.15, -0.1) is 0 Å². The number of carbonyl (C=O) groups is 1. The molecule has 0 bridgehead atoms. The van der Waals surface area contributed by atoms with Crippen LogP contribution in [0.15, 0.2) is 11.6 Å². The molecule has 0 spiro atoms. The highest BCUT2D eigenvalue weighted by Crippen LogP contribution is 2.27. The monoisotopic (exact) mass is 154 g/mol. The van der Waals surface area contributed by atoms with Gasteiger partial charge in [0.25, 0.3) is 0 Å². The Morgan fingerprint density at radius 3 is 3.00 bits per heavy atom. The Bertz CT molecular complexity index is 182. The van der Waals surface area contributed by atoms with E-state index in [1.54, 1.807) is 0 Å². The average Bonchev–Trinajstić information content (AvgIpc) is 1.85. The van der Waals surface area contributed by atoms with Crippen LogP contribution in [0.4, 0.5) is 0 Å². The van der Waals surface area contributed by atoms with E-state index in [1.165, 1.54) is 12.5 Å². The van der Waals surface area contributed by atoms with Crippen LogP contribution in [0.1, 0.15) is 32.6 Å². The molecule has 1 aliphatic carbocycles. The first-order valence-electron chi connectivity index (χ1n) is 4.11. The van der Waals surface area contributed by atoms with Crippen molar-refractivity contribution in [2.24, 2.45) is 5.92 Å². The molecule has 62 valence electrons. The van der Waals surface area contributed by atoms with Crippen molar-refractivity contribution in [3.8, 4) is 0 Å². The van der Waals surface area contributed by atoms with Gasteiger partial charge in [0.05, 0.1) is 0 Å². The number of hydrogen-bond donors (Lipinski definition) is 1. The van der Waals surface area contributed by atoms with E-state index in [4.69, 9.17) is 5.11 Å². The second kappa shape index (κ2) is 3.56. The van der Waals surface area contributed by atoms with Gasteiger partial charge in [-0.25, -0.2) is 4.79 Å². The lowest BCUT2D eigenvalue weighted by atomic mass is 9.87. The molecule has 1 saturated carbocycles. The Morgan fingerprint density at radius 1 is 1.73 bits per heavy atom. The lowest BCUT2D eigenvalue weighted by Crippen LogP contribution is -2.05. The molecule has 0 radical (unpaired) electrons. The molecule has 1 rings (SSSR count). The standard InChI is InChI=1S/C9H14O2/c1-7-3-2-4-8(5-7)6-9(10)11/h6-7H,2-5H2,1H3,(H,10,11)/b8-6-. The largest absolute Gasteiger partial charge is 0.478 e. The molecule has 1 fully saturated rings. The summed E-state index contributed by atoms with van der Waals surface area (Å²) in [7, 11) is 0. The summed E-state index contributed by atoms with van der Waals surface area (Å²) in [5.41, 5.74) is 1.11. The SMILES string of the molecule is CC1CCC/C(=C/C(=O)O)C1. The van der Waals surface area contributed by atoms with Gasteiger partial charge in [0.1, 0.15) is 0 Å². The summed E-state index contributed by atoms with van der Waals surface area (Å²) >= 11 is 0. The molecule has 0 aromatic heterocycles. The molecule has 0 heterocycles. The van der Waals surface area contributed by atoms with E-state index in [0.29, 0.717) is 5.92 Å². The topological polar surface area (TPSA) is 37.3 Å². The van der Waals surface area contributed by atoms with Crippen molar-refractivity contribution in [1.82, 2.24) is 0 Å². The predicted octanol–water partition coefficient (Wildman–Crippen LogP) is 2.21. The third-order valence-electron chi connectivity index (χ3n) is 2.13. The summed E-state index contributed by atoms with van der Waals surface area (Å²) in [5.74, 6) is -0.122. The van der Waals surface area contributed by atoms with E-state index in [-0.39, 0.29) is 0 Å². The normalized spacial score (nSPS) is 28.8. The van der Waals surface area contributed by atoms with Crippen molar-refractivity contribution in [3.05, 3.63) is 11.6 Å². The predicted molar refractivity (Wildman–Crippen MR) is 43.4 cm³/mol. The second-order valence-corrected chi connectivity index (χ2v) is 3.34. The number of carboxylic acids is 1. The highest BCUT2D eigenvalue weighted by molar-refractivity contribution is 5.80. The van der Waals surface area contributed by atoms with Gasteiger partial charge in [-0.05, 0) is 25.2 Å². The molecule has 0 aromatic carbocycles. The Hall–Kier alpha value is -0.790. The first-order valence-corrected chi connectivity index (χ1v) is 4.11. The Morgan fingerprint density at radius 2 is 2.45 bits per heavy atom. The van der Waals surface area contributed by atoms with Crippen LogP contribution in [0.3, 0.4) is 0 Å². The zero-order chi connectivity index (χ0) is 8.27. The summed E-state index contributed by atoms with van der Waals surface area (Å²) in [6.45, 7) is 2.18. The van der Waals surface area contributed by atoms with Crippen LogP contribution in [0.2, 0.25) is 0 Å². The molecular weight excluding hydrogens is 140 g/mol. The maximum Gasteiger partial charge on any atom is 0.328 e. The minimum Gasteiger partial charge on any atom is -0.478 e. The minimum absolute atomic E-state index is 0.675. The number of aliphatic carboxylic acids is 1. The van der Waals surface area contributed by atoms with E-state index >= 15 is 0 Å². The second-order valence-electron chi connectivity index (χ2n) is 3.34. The molecule has 1 N–H and O–H groups in total. The smallest absolute Gasteiger partial charge is 0.328 e. The van der Waals surface area contributed by atoms with Gasteiger partial charge in [0.2, 0.25) is 0 Å². The third-order valence-corrected chi connectivity index (χ3v) is 2.13. The van der Waals surface area contributed by atoms with Gasteiger partial charge < -0.3 is 5.11 Å². The van der Waals surface area contributed by atoms with Gasteiger partial charge in [0.15, 0.2) is 0 Å². The lowest BCUT2D eigenvalue weighted by Gasteiger charge is -2.19. The van der Waals surface area contributed by atoms with Gasteiger partial charge in [-0.1, -0.05) is 18.9 Å². The van der Waals surface area contributed by atoms with Gasteiger partial charge in [0, 0.05) is 6.08 Å². The third kappa shape index (κ3) is 2.74. The van der Waals surface area contributed by atoms with Crippen LogP contribution < -0.4 is 0 Å². The molecule has 2 nitrogen and oxygen atoms in total. The van der Waals surface area contributed by atoms with E-state index in [9.17, 15) is 4.79 Å². The fourth-order valence-electron chi connectivity index (χ4n) is 1.64. The molecule has 0 amide bonds. The van der Waals surface area contributed by atoms with E-state index in [2.05, 4.69) is 6.92 Å². The van der Waals surface area contributed by atoms with Crippen molar-refractivity contribution < 1.29 is 9.90 Å². The molecule has 0 aromatic rings. The number of hydrogen-bond acceptors (Lipinski definition) is 1. The van der Waals surface area contributed by atoms with E-state index in [0.717, 1.165) is 24.8 Å². The molecule has 1 unspecified atom stereocenters. The fourth-order valence-corrected chi connectivity index (χ4v) is 1.64. The van der Waals surface area contributed by atoms with E-state index in [1.807, 2.05) is 0 Å². The molecule has 11 heavy (non-hydrogen) atoms. The van der Waals surface area contributed by atoms with Crippen LogP contribution in [-0.2, 0) is 4.79 Å². The van der Waals surface area contributed by atoms with Gasteiger partial charge in [-0.3, -0.25) is 0 Å². The maximum atomic E-state index is 10.3. The Balaban J connectivity index is 2.52. The molecule has 2 heteroatoms. The average molecular weight is 154 g/mol. The number of allylic oxidation sites excluding steroid dienone is 1. The van der Waals surface area contributed by atoms with Crippen molar-refractivity contribution in [1.29, 1.82) is 0 Å². The summed E-state index contributed by atoms with van der Waals surface area (Å²) < 4.78 is 0. The highest BCUT2D eigenvalue weighted by Gasteiger charge is 2.12. The highest BCUT2D eigenvalue weighted by atomic mass is 16.4. The van der Waals surface area contributed by atoms with Crippen molar-refractivity contribution in [2.75, 3.05) is 0 Å². The first-order chi connectivity index (χ1) is 5.18. The molecule has 0 aliphatic heterocycles. The first kappa shape index (κ1) is 8.31. The molecule has 0 saturated heterocycles. The summed E-state index contributed by atoms with van der Waals surface area (Å²) in [5, 5.41) is 8.48. The summed E-state index contributed by atoms with van der Waals surface area (Å²) in [6.07, 6.45) is 5.73. The van der Waals surface area contributed by atoms with Gasteiger partial charge in [-0.2, -0.15) is 0 Å². The van der Waals surface area contributed by atoms with Crippen LogP contribution >= 0.6 is 0 Å². The quantitative estimate of drug-likeness (QED) is 0.588. The van der Waals surface area contributed by atoms with Crippen molar-refractivity contribution in [2.45, 2.75) is 32.6 Å². The van der Waals surface area contributed by atoms with Crippen LogP contribution in [0, 0.1) is 5.92 Å². The molecule has 1 aliphatic rings. The zero-order valence-corrected chi connectivity index (χ0v) is 6.84.